The molecule has 0 spiro atoms. The fraction of sp³-hybridized carbons (Fsp3) is 0.600. The molecule has 1 aromatic rings. The monoisotopic (exact) mass is 241 g/mol. The molecule has 0 aliphatic rings. The minimum atomic E-state index is 0.680. The summed E-state index contributed by atoms with van der Waals surface area (Å²) in [5, 5.41) is 3.30. The van der Waals surface area contributed by atoms with Gasteiger partial charge in [-0.15, -0.1) is 0 Å². The summed E-state index contributed by atoms with van der Waals surface area (Å²) in [6.45, 7) is 4.72. The molecule has 90 valence electrons. The van der Waals surface area contributed by atoms with Crippen molar-refractivity contribution < 1.29 is 0 Å². The van der Waals surface area contributed by atoms with E-state index in [4.69, 9.17) is 5.84 Å². The number of thioether (sulfide) groups is 1. The first-order valence-corrected chi connectivity index (χ1v) is 6.63. The smallest absolute Gasteiger partial charge is 0.148 e. The molecule has 0 aliphatic carbocycles. The molecule has 0 saturated heterocycles. The Kier molecular flexibility index (Phi) is 5.34. The molecular weight excluding hydrogens is 222 g/mol. The fourth-order valence-electron chi connectivity index (χ4n) is 1.36. The van der Waals surface area contributed by atoms with Crippen LogP contribution in [0.3, 0.4) is 0 Å². The number of nitrogens with one attached hydrogen (secondary N) is 2. The van der Waals surface area contributed by atoms with Crippen LogP contribution in [-0.4, -0.2) is 28.5 Å². The highest BCUT2D eigenvalue weighted by Crippen LogP contribution is 2.18. The molecule has 0 aromatic carbocycles. The van der Waals surface area contributed by atoms with Gasteiger partial charge in [0.15, 0.2) is 0 Å². The maximum absolute atomic E-state index is 5.39. The van der Waals surface area contributed by atoms with Gasteiger partial charge in [0.2, 0.25) is 0 Å². The first kappa shape index (κ1) is 13.1. The molecule has 0 saturated carbocycles. The predicted molar refractivity (Wildman–Crippen MR) is 70.8 cm³/mol. The van der Waals surface area contributed by atoms with Gasteiger partial charge in [-0.25, -0.2) is 15.8 Å². The van der Waals surface area contributed by atoms with E-state index in [0.717, 1.165) is 30.1 Å². The standard InChI is InChI=1S/C10H19N5S/c1-7-9(12-5-4-6-16-3)13-8(2)14-10(7)15-11/h4-6,11H2,1-3H3,(H2,12,13,14,15). The second-order valence-electron chi connectivity index (χ2n) is 3.51. The van der Waals surface area contributed by atoms with Gasteiger partial charge in [0.25, 0.3) is 0 Å². The molecule has 6 heteroatoms. The first-order valence-electron chi connectivity index (χ1n) is 5.23. The van der Waals surface area contributed by atoms with Crippen molar-refractivity contribution in [2.24, 2.45) is 5.84 Å². The van der Waals surface area contributed by atoms with Gasteiger partial charge in [-0.3, -0.25) is 0 Å². The number of aryl methyl sites for hydroxylation is 1. The Morgan fingerprint density at radius 2 is 1.94 bits per heavy atom. The van der Waals surface area contributed by atoms with Crippen molar-refractivity contribution in [3.05, 3.63) is 11.4 Å². The largest absolute Gasteiger partial charge is 0.370 e. The SMILES string of the molecule is CSCCCNc1nc(C)nc(NN)c1C. The second kappa shape index (κ2) is 6.55. The summed E-state index contributed by atoms with van der Waals surface area (Å²) in [5.74, 6) is 8.80. The van der Waals surface area contributed by atoms with E-state index in [2.05, 4.69) is 27.0 Å². The summed E-state index contributed by atoms with van der Waals surface area (Å²) in [7, 11) is 0. The highest BCUT2D eigenvalue weighted by molar-refractivity contribution is 7.98. The Bertz CT molecular complexity index is 342. The molecule has 0 bridgehead atoms. The maximum atomic E-state index is 5.39. The molecule has 16 heavy (non-hydrogen) atoms. The third-order valence-corrected chi connectivity index (χ3v) is 2.91. The number of hydrogen-bond donors (Lipinski definition) is 3. The van der Waals surface area contributed by atoms with E-state index in [0.29, 0.717) is 11.6 Å². The summed E-state index contributed by atoms with van der Waals surface area (Å²) in [5.41, 5.74) is 3.54. The van der Waals surface area contributed by atoms with E-state index in [1.807, 2.05) is 25.6 Å². The fourth-order valence-corrected chi connectivity index (χ4v) is 1.80. The van der Waals surface area contributed by atoms with E-state index < -0.39 is 0 Å². The summed E-state index contributed by atoms with van der Waals surface area (Å²) >= 11 is 1.85. The molecule has 0 fully saturated rings. The highest BCUT2D eigenvalue weighted by atomic mass is 32.2. The lowest BCUT2D eigenvalue weighted by atomic mass is 10.3. The molecule has 0 amide bonds. The predicted octanol–water partition coefficient (Wildman–Crippen LogP) is 1.54. The molecule has 5 nitrogen and oxygen atoms in total. The lowest BCUT2D eigenvalue weighted by Gasteiger charge is -2.12. The summed E-state index contributed by atoms with van der Waals surface area (Å²) < 4.78 is 0. The molecular formula is C10H19N5S. The molecule has 0 aliphatic heterocycles. The number of anilines is 2. The van der Waals surface area contributed by atoms with E-state index in [9.17, 15) is 0 Å². The normalized spacial score (nSPS) is 10.2. The van der Waals surface area contributed by atoms with Crippen LogP contribution in [-0.2, 0) is 0 Å². The summed E-state index contributed by atoms with van der Waals surface area (Å²) in [6.07, 6.45) is 3.23. The molecule has 4 N–H and O–H groups in total. The van der Waals surface area contributed by atoms with Crippen LogP contribution in [0.5, 0.6) is 0 Å². The van der Waals surface area contributed by atoms with Gasteiger partial charge >= 0.3 is 0 Å². The third-order valence-electron chi connectivity index (χ3n) is 2.21. The van der Waals surface area contributed by atoms with Gasteiger partial charge in [-0.05, 0) is 32.3 Å². The van der Waals surface area contributed by atoms with Crippen molar-refractivity contribution in [2.75, 3.05) is 29.3 Å². The Morgan fingerprint density at radius 3 is 2.56 bits per heavy atom. The van der Waals surface area contributed by atoms with Gasteiger partial charge in [0.1, 0.15) is 17.5 Å². The number of hydrazine groups is 1. The number of nitrogens with two attached hydrogens (primary N) is 1. The summed E-state index contributed by atoms with van der Waals surface area (Å²) in [4.78, 5) is 8.56. The van der Waals surface area contributed by atoms with Crippen LogP contribution in [0, 0.1) is 13.8 Å². The lowest BCUT2D eigenvalue weighted by molar-refractivity contribution is 0.953. The number of nitrogen functional groups attached to an aromatic ring is 1. The quantitative estimate of drug-likeness (QED) is 0.398. The summed E-state index contributed by atoms with van der Waals surface area (Å²) in [6, 6.07) is 0. The minimum absolute atomic E-state index is 0.680. The van der Waals surface area contributed by atoms with Crippen LogP contribution in [0.1, 0.15) is 17.8 Å². The van der Waals surface area contributed by atoms with Crippen LogP contribution < -0.4 is 16.6 Å². The number of rotatable bonds is 6. The minimum Gasteiger partial charge on any atom is -0.370 e. The Hall–Kier alpha value is -1.01. The number of hydrogen-bond acceptors (Lipinski definition) is 6. The van der Waals surface area contributed by atoms with Gasteiger partial charge in [-0.2, -0.15) is 11.8 Å². The average Bonchev–Trinajstić information content (AvgIpc) is 2.28. The Labute approximate surface area is 101 Å². The van der Waals surface area contributed by atoms with E-state index >= 15 is 0 Å². The van der Waals surface area contributed by atoms with Crippen molar-refractivity contribution >= 4 is 23.4 Å². The Balaban J connectivity index is 2.67. The number of aromatic nitrogens is 2. The zero-order valence-electron chi connectivity index (χ0n) is 10.0. The van der Waals surface area contributed by atoms with Gasteiger partial charge in [0, 0.05) is 12.1 Å². The van der Waals surface area contributed by atoms with Crippen LogP contribution in [0.4, 0.5) is 11.6 Å². The van der Waals surface area contributed by atoms with Crippen molar-refractivity contribution in [1.82, 2.24) is 9.97 Å². The van der Waals surface area contributed by atoms with Crippen LogP contribution >= 0.6 is 11.8 Å². The third kappa shape index (κ3) is 3.53. The molecule has 0 unspecified atom stereocenters. The van der Waals surface area contributed by atoms with Gasteiger partial charge in [0.05, 0.1) is 0 Å². The van der Waals surface area contributed by atoms with Crippen LogP contribution in [0.15, 0.2) is 0 Å². The van der Waals surface area contributed by atoms with Crippen molar-refractivity contribution in [3.63, 3.8) is 0 Å². The average molecular weight is 241 g/mol. The molecule has 1 rings (SSSR count). The van der Waals surface area contributed by atoms with Gasteiger partial charge < -0.3 is 10.7 Å². The molecule has 0 atom stereocenters. The van der Waals surface area contributed by atoms with Crippen LogP contribution in [0.25, 0.3) is 0 Å². The van der Waals surface area contributed by atoms with E-state index in [-0.39, 0.29) is 0 Å². The van der Waals surface area contributed by atoms with E-state index in [1.54, 1.807) is 0 Å². The molecule has 1 heterocycles. The number of nitrogens with zero attached hydrogens (tertiary/aromatic N) is 2. The Morgan fingerprint density at radius 1 is 1.25 bits per heavy atom. The maximum Gasteiger partial charge on any atom is 0.148 e. The van der Waals surface area contributed by atoms with Crippen molar-refractivity contribution in [2.45, 2.75) is 20.3 Å². The van der Waals surface area contributed by atoms with E-state index in [1.165, 1.54) is 0 Å². The topological polar surface area (TPSA) is 75.9 Å². The van der Waals surface area contributed by atoms with Crippen LogP contribution in [0.2, 0.25) is 0 Å². The second-order valence-corrected chi connectivity index (χ2v) is 4.50. The van der Waals surface area contributed by atoms with Gasteiger partial charge in [-0.1, -0.05) is 0 Å². The lowest BCUT2D eigenvalue weighted by Crippen LogP contribution is -2.14. The molecule has 1 aromatic heterocycles. The van der Waals surface area contributed by atoms with Crippen molar-refractivity contribution in [1.29, 1.82) is 0 Å². The highest BCUT2D eigenvalue weighted by Gasteiger charge is 2.07. The zero-order valence-corrected chi connectivity index (χ0v) is 10.8. The zero-order chi connectivity index (χ0) is 12.0. The van der Waals surface area contributed by atoms with Crippen molar-refractivity contribution in [3.8, 4) is 0 Å². The molecule has 0 radical (unpaired) electrons. The first-order chi connectivity index (χ1) is 7.69.